The summed E-state index contributed by atoms with van der Waals surface area (Å²) in [5.74, 6) is -0.225. The van der Waals surface area contributed by atoms with E-state index in [4.69, 9.17) is 0 Å². The molecule has 28 heavy (non-hydrogen) atoms. The Morgan fingerprint density at radius 2 is 1.79 bits per heavy atom. The molecule has 0 saturated carbocycles. The lowest BCUT2D eigenvalue weighted by atomic mass is 9.97. The van der Waals surface area contributed by atoms with Gasteiger partial charge in [0.05, 0.1) is 6.04 Å². The number of rotatable bonds is 5. The second-order valence-electron chi connectivity index (χ2n) is 7.05. The number of nitrogens with zero attached hydrogens (tertiary/aromatic N) is 2. The zero-order valence-electron chi connectivity index (χ0n) is 15.5. The van der Waals surface area contributed by atoms with Crippen LogP contribution in [0, 0.1) is 5.82 Å². The highest BCUT2D eigenvalue weighted by atomic mass is 19.1. The summed E-state index contributed by atoms with van der Waals surface area (Å²) in [6.45, 7) is 1.92. The van der Waals surface area contributed by atoms with Crippen LogP contribution in [0.25, 0.3) is 11.1 Å². The van der Waals surface area contributed by atoms with Gasteiger partial charge in [0.25, 0.3) is 0 Å². The molecule has 1 unspecified atom stereocenters. The number of amides is 1. The molecule has 0 aliphatic carbocycles. The van der Waals surface area contributed by atoms with Gasteiger partial charge >= 0.3 is 0 Å². The fraction of sp³-hybridized carbons (Fsp3) is 0.217. The number of nitrogens with one attached hydrogen (secondary N) is 1. The number of hydrogen-bond acceptors (Lipinski definition) is 3. The van der Waals surface area contributed by atoms with Crippen molar-refractivity contribution in [3.8, 4) is 11.1 Å². The van der Waals surface area contributed by atoms with Crippen LogP contribution >= 0.6 is 0 Å². The Morgan fingerprint density at radius 3 is 2.61 bits per heavy atom. The number of hydrogen-bond donors (Lipinski definition) is 1. The van der Waals surface area contributed by atoms with E-state index in [0.29, 0.717) is 19.5 Å². The minimum atomic E-state index is -0.273. The molecule has 2 aromatic carbocycles. The van der Waals surface area contributed by atoms with Gasteiger partial charge in [-0.2, -0.15) is 0 Å². The van der Waals surface area contributed by atoms with E-state index in [2.05, 4.69) is 27.3 Å². The third-order valence-corrected chi connectivity index (χ3v) is 5.09. The van der Waals surface area contributed by atoms with Gasteiger partial charge in [-0.05, 0) is 52.9 Å². The third-order valence-electron chi connectivity index (χ3n) is 5.09. The Morgan fingerprint density at radius 1 is 1.00 bits per heavy atom. The summed E-state index contributed by atoms with van der Waals surface area (Å²) < 4.78 is 13.5. The standard InChI is InChI=1S/C23H22FN3O/c24-21-6-2-4-18(14-21)16-27-12-11-26-23(28)22(27)15-17-3-1-5-20(13-17)19-7-9-25-10-8-19/h1-10,13-14,22H,11-12,15-16H2,(H,26,28). The highest BCUT2D eigenvalue weighted by molar-refractivity contribution is 5.83. The maximum absolute atomic E-state index is 13.5. The first kappa shape index (κ1) is 18.3. The van der Waals surface area contributed by atoms with Crippen LogP contribution in [0.4, 0.5) is 4.39 Å². The molecule has 4 rings (SSSR count). The topological polar surface area (TPSA) is 45.2 Å². The van der Waals surface area contributed by atoms with Crippen molar-refractivity contribution in [2.24, 2.45) is 0 Å². The van der Waals surface area contributed by atoms with Crippen LogP contribution in [0.2, 0.25) is 0 Å². The Balaban J connectivity index is 1.55. The maximum Gasteiger partial charge on any atom is 0.237 e. The Bertz CT molecular complexity index is 961. The van der Waals surface area contributed by atoms with E-state index in [1.54, 1.807) is 18.5 Å². The van der Waals surface area contributed by atoms with Crippen molar-refractivity contribution in [3.63, 3.8) is 0 Å². The van der Waals surface area contributed by atoms with Crippen LogP contribution in [-0.4, -0.2) is 34.9 Å². The molecule has 1 aromatic heterocycles. The third kappa shape index (κ3) is 4.26. The largest absolute Gasteiger partial charge is 0.353 e. The average molecular weight is 375 g/mol. The molecule has 0 radical (unpaired) electrons. The van der Waals surface area contributed by atoms with Gasteiger partial charge in [-0.25, -0.2) is 4.39 Å². The Kier molecular flexibility index (Phi) is 5.44. The zero-order valence-corrected chi connectivity index (χ0v) is 15.5. The average Bonchev–Trinajstić information content (AvgIpc) is 2.72. The van der Waals surface area contributed by atoms with Gasteiger partial charge in [-0.15, -0.1) is 0 Å². The van der Waals surface area contributed by atoms with Gasteiger partial charge in [-0.3, -0.25) is 14.7 Å². The SMILES string of the molecule is O=C1NCCN(Cc2cccc(F)c2)C1Cc1cccc(-c2ccncc2)c1. The lowest BCUT2D eigenvalue weighted by Crippen LogP contribution is -2.55. The van der Waals surface area contributed by atoms with Crippen molar-refractivity contribution in [2.45, 2.75) is 19.0 Å². The molecule has 142 valence electrons. The Labute approximate surface area is 164 Å². The quantitative estimate of drug-likeness (QED) is 0.743. The van der Waals surface area contributed by atoms with Gasteiger partial charge in [0, 0.05) is 32.0 Å². The molecule has 1 aliphatic rings. The molecule has 1 aliphatic heterocycles. The lowest BCUT2D eigenvalue weighted by Gasteiger charge is -2.35. The lowest BCUT2D eigenvalue weighted by molar-refractivity contribution is -0.129. The fourth-order valence-corrected chi connectivity index (χ4v) is 3.69. The second kappa shape index (κ2) is 8.31. The molecule has 1 fully saturated rings. The van der Waals surface area contributed by atoms with Crippen LogP contribution in [0.3, 0.4) is 0 Å². The summed E-state index contributed by atoms with van der Waals surface area (Å²) in [6.07, 6.45) is 4.16. The monoisotopic (exact) mass is 375 g/mol. The number of pyridine rings is 1. The van der Waals surface area contributed by atoms with E-state index in [-0.39, 0.29) is 17.8 Å². The molecule has 1 amide bonds. The molecule has 1 N–H and O–H groups in total. The number of carbonyl (C=O) groups excluding carboxylic acids is 1. The van der Waals surface area contributed by atoms with Crippen molar-refractivity contribution in [1.29, 1.82) is 0 Å². The molecule has 5 heteroatoms. The summed E-state index contributed by atoms with van der Waals surface area (Å²) in [6, 6.07) is 18.5. The predicted molar refractivity (Wildman–Crippen MR) is 107 cm³/mol. The molecule has 4 nitrogen and oxygen atoms in total. The molecule has 1 atom stereocenters. The van der Waals surface area contributed by atoms with Crippen LogP contribution < -0.4 is 5.32 Å². The van der Waals surface area contributed by atoms with E-state index >= 15 is 0 Å². The number of benzene rings is 2. The molecule has 2 heterocycles. The molecular weight excluding hydrogens is 353 g/mol. The summed E-state index contributed by atoms with van der Waals surface area (Å²) in [5.41, 5.74) is 4.18. The van der Waals surface area contributed by atoms with Crippen LogP contribution in [-0.2, 0) is 17.8 Å². The summed E-state index contributed by atoms with van der Waals surface area (Å²) in [5, 5.41) is 2.96. The normalized spacial score (nSPS) is 17.3. The summed E-state index contributed by atoms with van der Waals surface area (Å²) >= 11 is 0. The first-order chi connectivity index (χ1) is 13.7. The maximum atomic E-state index is 13.5. The van der Waals surface area contributed by atoms with Crippen LogP contribution in [0.15, 0.2) is 73.1 Å². The van der Waals surface area contributed by atoms with Crippen LogP contribution in [0.5, 0.6) is 0 Å². The number of aromatic nitrogens is 1. The minimum absolute atomic E-state index is 0.0250. The van der Waals surface area contributed by atoms with Gasteiger partial charge in [0.2, 0.25) is 5.91 Å². The molecule has 1 saturated heterocycles. The number of halogens is 1. The number of carbonyl (C=O) groups is 1. The highest BCUT2D eigenvalue weighted by Crippen LogP contribution is 2.22. The summed E-state index contributed by atoms with van der Waals surface area (Å²) in [7, 11) is 0. The minimum Gasteiger partial charge on any atom is -0.353 e. The highest BCUT2D eigenvalue weighted by Gasteiger charge is 2.29. The van der Waals surface area contributed by atoms with Gasteiger partial charge in [0.15, 0.2) is 0 Å². The van der Waals surface area contributed by atoms with Crippen molar-refractivity contribution in [3.05, 3.63) is 90.0 Å². The Hall–Kier alpha value is -3.05. The zero-order chi connectivity index (χ0) is 19.3. The van der Waals surface area contributed by atoms with Gasteiger partial charge in [0.1, 0.15) is 5.82 Å². The fourth-order valence-electron chi connectivity index (χ4n) is 3.69. The summed E-state index contributed by atoms with van der Waals surface area (Å²) in [4.78, 5) is 18.8. The van der Waals surface area contributed by atoms with E-state index in [0.717, 1.165) is 28.8 Å². The van der Waals surface area contributed by atoms with E-state index in [9.17, 15) is 9.18 Å². The van der Waals surface area contributed by atoms with Crippen molar-refractivity contribution < 1.29 is 9.18 Å². The van der Waals surface area contributed by atoms with Crippen LogP contribution in [0.1, 0.15) is 11.1 Å². The van der Waals surface area contributed by atoms with E-state index < -0.39 is 0 Å². The second-order valence-corrected chi connectivity index (χ2v) is 7.05. The first-order valence-electron chi connectivity index (χ1n) is 9.44. The van der Waals surface area contributed by atoms with Crippen molar-refractivity contribution in [2.75, 3.05) is 13.1 Å². The predicted octanol–water partition coefficient (Wildman–Crippen LogP) is 3.43. The van der Waals surface area contributed by atoms with Crippen molar-refractivity contribution in [1.82, 2.24) is 15.2 Å². The number of piperazine rings is 1. The van der Waals surface area contributed by atoms with Gasteiger partial charge in [-0.1, -0.05) is 36.4 Å². The molecular formula is C23H22FN3O. The molecule has 0 spiro atoms. The van der Waals surface area contributed by atoms with E-state index in [1.807, 2.05) is 30.3 Å². The first-order valence-corrected chi connectivity index (χ1v) is 9.44. The molecule has 0 bridgehead atoms. The van der Waals surface area contributed by atoms with E-state index in [1.165, 1.54) is 12.1 Å². The van der Waals surface area contributed by atoms with Gasteiger partial charge < -0.3 is 5.32 Å². The molecule has 3 aromatic rings. The van der Waals surface area contributed by atoms with Crippen molar-refractivity contribution >= 4 is 5.91 Å². The smallest absolute Gasteiger partial charge is 0.237 e.